The number of carbonyl (C=O) groups excluding carboxylic acids is 2. The van der Waals surface area contributed by atoms with Gasteiger partial charge >= 0.3 is 5.97 Å². The van der Waals surface area contributed by atoms with Gasteiger partial charge in [0.05, 0.1) is 12.5 Å². The number of carbonyl (C=O) groups is 2. The van der Waals surface area contributed by atoms with Crippen molar-refractivity contribution in [2.75, 3.05) is 6.61 Å². The fourth-order valence-corrected chi connectivity index (χ4v) is 1.78. The lowest BCUT2D eigenvalue weighted by molar-refractivity contribution is -0.149. The third kappa shape index (κ3) is 3.99. The molecule has 0 heterocycles. The lowest BCUT2D eigenvalue weighted by Gasteiger charge is -2.18. The molecule has 0 aliphatic heterocycles. The van der Waals surface area contributed by atoms with Crippen molar-refractivity contribution < 1.29 is 14.3 Å². The van der Waals surface area contributed by atoms with Gasteiger partial charge in [0, 0.05) is 12.0 Å². The predicted molar refractivity (Wildman–Crippen MR) is 70.4 cm³/mol. The van der Waals surface area contributed by atoms with Gasteiger partial charge in [0.15, 0.2) is 5.78 Å². The zero-order valence-corrected chi connectivity index (χ0v) is 11.2. The van der Waals surface area contributed by atoms with Gasteiger partial charge in [-0.1, -0.05) is 44.2 Å². The van der Waals surface area contributed by atoms with E-state index in [9.17, 15) is 9.59 Å². The van der Waals surface area contributed by atoms with E-state index in [2.05, 4.69) is 0 Å². The predicted octanol–water partition coefficient (Wildman–Crippen LogP) is 3.09. The molecule has 1 aromatic carbocycles. The highest BCUT2D eigenvalue weighted by Crippen LogP contribution is 2.20. The van der Waals surface area contributed by atoms with Crippen molar-refractivity contribution in [2.24, 2.45) is 11.8 Å². The normalized spacial score (nSPS) is 12.2. The summed E-state index contributed by atoms with van der Waals surface area (Å²) >= 11 is 0. The van der Waals surface area contributed by atoms with E-state index in [1.807, 2.05) is 32.0 Å². The Balaban J connectivity index is 2.73. The van der Waals surface area contributed by atoms with E-state index in [1.54, 1.807) is 19.1 Å². The largest absolute Gasteiger partial charge is 0.466 e. The summed E-state index contributed by atoms with van der Waals surface area (Å²) in [5.74, 6) is -0.562. The van der Waals surface area contributed by atoms with Crippen LogP contribution < -0.4 is 0 Å². The first kappa shape index (κ1) is 14.4. The molecule has 1 rings (SSSR count). The molecule has 0 aromatic heterocycles. The van der Waals surface area contributed by atoms with Gasteiger partial charge < -0.3 is 4.74 Å². The van der Waals surface area contributed by atoms with E-state index >= 15 is 0 Å². The van der Waals surface area contributed by atoms with E-state index in [0.717, 1.165) is 0 Å². The molecule has 0 aliphatic carbocycles. The van der Waals surface area contributed by atoms with E-state index < -0.39 is 0 Å². The van der Waals surface area contributed by atoms with Crippen LogP contribution in [0.5, 0.6) is 0 Å². The van der Waals surface area contributed by atoms with E-state index in [1.165, 1.54) is 0 Å². The minimum absolute atomic E-state index is 0.0117. The molecule has 0 bridgehead atoms. The van der Waals surface area contributed by atoms with E-state index in [0.29, 0.717) is 12.2 Å². The number of benzene rings is 1. The second kappa shape index (κ2) is 6.94. The molecular formula is C15H20O3. The maximum atomic E-state index is 12.1. The SMILES string of the molecule is CCOC(=O)C(CC(=O)c1ccccc1)C(C)C. The van der Waals surface area contributed by atoms with Gasteiger partial charge in [0.1, 0.15) is 0 Å². The minimum Gasteiger partial charge on any atom is -0.466 e. The Morgan fingerprint density at radius 2 is 1.78 bits per heavy atom. The van der Waals surface area contributed by atoms with Crippen LogP contribution >= 0.6 is 0 Å². The highest BCUT2D eigenvalue weighted by Gasteiger charge is 2.26. The fourth-order valence-electron chi connectivity index (χ4n) is 1.78. The number of Topliss-reactive ketones (excluding diaryl/α,β-unsaturated/α-hetero) is 1. The maximum absolute atomic E-state index is 12.1. The summed E-state index contributed by atoms with van der Waals surface area (Å²) in [5.41, 5.74) is 0.646. The number of ketones is 1. The van der Waals surface area contributed by atoms with Crippen LogP contribution in [0.4, 0.5) is 0 Å². The molecule has 1 unspecified atom stereocenters. The number of hydrogen-bond acceptors (Lipinski definition) is 3. The standard InChI is InChI=1S/C15H20O3/c1-4-18-15(17)13(11(2)3)10-14(16)12-8-6-5-7-9-12/h5-9,11,13H,4,10H2,1-3H3. The van der Waals surface area contributed by atoms with Crippen molar-refractivity contribution in [1.29, 1.82) is 0 Å². The Bertz CT molecular complexity index is 395. The summed E-state index contributed by atoms with van der Waals surface area (Å²) in [6, 6.07) is 9.04. The van der Waals surface area contributed by atoms with Crippen LogP contribution in [-0.4, -0.2) is 18.4 Å². The molecule has 0 saturated carbocycles. The molecule has 0 saturated heterocycles. The topological polar surface area (TPSA) is 43.4 Å². The molecule has 0 spiro atoms. The molecule has 0 N–H and O–H groups in total. The Morgan fingerprint density at radius 1 is 1.17 bits per heavy atom. The van der Waals surface area contributed by atoms with Crippen molar-refractivity contribution in [3.63, 3.8) is 0 Å². The average molecular weight is 248 g/mol. The molecule has 0 radical (unpaired) electrons. The van der Waals surface area contributed by atoms with Crippen molar-refractivity contribution in [3.8, 4) is 0 Å². The molecule has 0 amide bonds. The van der Waals surface area contributed by atoms with Crippen molar-refractivity contribution in [2.45, 2.75) is 27.2 Å². The Morgan fingerprint density at radius 3 is 2.28 bits per heavy atom. The second-order valence-corrected chi connectivity index (χ2v) is 4.60. The summed E-state index contributed by atoms with van der Waals surface area (Å²) < 4.78 is 5.01. The molecule has 0 aliphatic rings. The Kier molecular flexibility index (Phi) is 5.56. The van der Waals surface area contributed by atoms with Crippen LogP contribution in [0, 0.1) is 11.8 Å². The van der Waals surface area contributed by atoms with Crippen LogP contribution in [0.15, 0.2) is 30.3 Å². The number of rotatable bonds is 6. The number of ether oxygens (including phenoxy) is 1. The molecule has 1 atom stereocenters. The van der Waals surface area contributed by atoms with Crippen LogP contribution in [0.2, 0.25) is 0 Å². The summed E-state index contributed by atoms with van der Waals surface area (Å²) in [6.45, 7) is 5.98. The smallest absolute Gasteiger partial charge is 0.309 e. The summed E-state index contributed by atoms with van der Waals surface area (Å²) in [4.78, 5) is 23.8. The molecule has 98 valence electrons. The first-order valence-corrected chi connectivity index (χ1v) is 6.31. The van der Waals surface area contributed by atoms with Crippen molar-refractivity contribution >= 4 is 11.8 Å². The molecule has 3 heteroatoms. The highest BCUT2D eigenvalue weighted by molar-refractivity contribution is 5.98. The van der Waals surface area contributed by atoms with Crippen LogP contribution in [0.1, 0.15) is 37.6 Å². The highest BCUT2D eigenvalue weighted by atomic mass is 16.5. The first-order chi connectivity index (χ1) is 8.56. The molecule has 18 heavy (non-hydrogen) atoms. The lowest BCUT2D eigenvalue weighted by atomic mass is 9.89. The quantitative estimate of drug-likeness (QED) is 0.574. The van der Waals surface area contributed by atoms with Crippen LogP contribution in [-0.2, 0) is 9.53 Å². The Labute approximate surface area is 108 Å². The molecule has 0 fully saturated rings. The summed E-state index contributed by atoms with van der Waals surface area (Å²) in [6.07, 6.45) is 0.209. The molecule has 1 aromatic rings. The third-order valence-electron chi connectivity index (χ3n) is 2.90. The first-order valence-electron chi connectivity index (χ1n) is 6.31. The number of esters is 1. The second-order valence-electron chi connectivity index (χ2n) is 4.60. The van der Waals surface area contributed by atoms with Gasteiger partial charge in [-0.2, -0.15) is 0 Å². The van der Waals surface area contributed by atoms with Gasteiger partial charge in [-0.25, -0.2) is 0 Å². The lowest BCUT2D eigenvalue weighted by Crippen LogP contribution is -2.25. The van der Waals surface area contributed by atoms with Gasteiger partial charge in [0.2, 0.25) is 0 Å². The molecule has 3 nitrogen and oxygen atoms in total. The zero-order valence-electron chi connectivity index (χ0n) is 11.2. The zero-order chi connectivity index (χ0) is 13.5. The monoisotopic (exact) mass is 248 g/mol. The van der Waals surface area contributed by atoms with E-state index in [-0.39, 0.29) is 30.0 Å². The van der Waals surface area contributed by atoms with Crippen molar-refractivity contribution in [3.05, 3.63) is 35.9 Å². The van der Waals surface area contributed by atoms with Crippen molar-refractivity contribution in [1.82, 2.24) is 0 Å². The van der Waals surface area contributed by atoms with Crippen LogP contribution in [0.3, 0.4) is 0 Å². The van der Waals surface area contributed by atoms with Gasteiger partial charge in [0.25, 0.3) is 0 Å². The van der Waals surface area contributed by atoms with Crippen LogP contribution in [0.25, 0.3) is 0 Å². The van der Waals surface area contributed by atoms with Gasteiger partial charge in [-0.15, -0.1) is 0 Å². The van der Waals surface area contributed by atoms with E-state index in [4.69, 9.17) is 4.74 Å². The third-order valence-corrected chi connectivity index (χ3v) is 2.90. The average Bonchev–Trinajstić information content (AvgIpc) is 2.36. The summed E-state index contributed by atoms with van der Waals surface area (Å²) in [5, 5.41) is 0. The number of hydrogen-bond donors (Lipinski definition) is 0. The van der Waals surface area contributed by atoms with Gasteiger partial charge in [-0.05, 0) is 12.8 Å². The van der Waals surface area contributed by atoms with Gasteiger partial charge in [-0.3, -0.25) is 9.59 Å². The fraction of sp³-hybridized carbons (Fsp3) is 0.467. The molecular weight excluding hydrogens is 228 g/mol. The summed E-state index contributed by atoms with van der Waals surface area (Å²) in [7, 11) is 0. The Hall–Kier alpha value is -1.64. The minimum atomic E-state index is -0.363. The maximum Gasteiger partial charge on any atom is 0.309 e.